The second-order valence-corrected chi connectivity index (χ2v) is 8.83. The molecular weight excluding hydrogens is 332 g/mol. The summed E-state index contributed by atoms with van der Waals surface area (Å²) >= 11 is 0. The Balaban J connectivity index is 2.12. The van der Waals surface area contributed by atoms with Crippen molar-refractivity contribution in [3.63, 3.8) is 0 Å². The molecule has 0 radical (unpaired) electrons. The van der Waals surface area contributed by atoms with E-state index in [0.717, 1.165) is 25.7 Å². The van der Waals surface area contributed by atoms with Crippen LogP contribution in [0.2, 0.25) is 0 Å². The fourth-order valence-corrected chi connectivity index (χ4v) is 5.33. The Kier molecular flexibility index (Phi) is 6.62. The standard InChI is InChI=1S/C16H28N2O5S/c1-3-13-6-4-5-8-17(13)15(19)16(20)18(9-10-23-2)14-7-11-24(21,22)12-14/h13-14H,3-12H2,1-2H3. The highest BCUT2D eigenvalue weighted by molar-refractivity contribution is 7.91. The molecule has 2 aliphatic rings. The number of ether oxygens (including phenoxy) is 1. The highest BCUT2D eigenvalue weighted by Crippen LogP contribution is 2.22. The first kappa shape index (κ1) is 19.2. The zero-order valence-corrected chi connectivity index (χ0v) is 15.4. The molecule has 2 heterocycles. The van der Waals surface area contributed by atoms with E-state index in [1.165, 1.54) is 12.0 Å². The van der Waals surface area contributed by atoms with Crippen LogP contribution >= 0.6 is 0 Å². The SMILES string of the molecule is CCC1CCCCN1C(=O)C(=O)N(CCOC)C1CCS(=O)(=O)C1. The predicted molar refractivity (Wildman–Crippen MR) is 90.3 cm³/mol. The number of rotatable bonds is 5. The summed E-state index contributed by atoms with van der Waals surface area (Å²) < 4.78 is 28.5. The number of likely N-dealkylation sites (tertiary alicyclic amines) is 1. The molecule has 0 N–H and O–H groups in total. The van der Waals surface area contributed by atoms with Gasteiger partial charge in [0, 0.05) is 32.3 Å². The van der Waals surface area contributed by atoms with Crippen molar-refractivity contribution in [2.45, 2.75) is 51.1 Å². The highest BCUT2D eigenvalue weighted by Gasteiger charge is 2.39. The van der Waals surface area contributed by atoms with Gasteiger partial charge in [0.25, 0.3) is 0 Å². The summed E-state index contributed by atoms with van der Waals surface area (Å²) in [5, 5.41) is 0. The molecular formula is C16H28N2O5S. The largest absolute Gasteiger partial charge is 0.383 e. The van der Waals surface area contributed by atoms with E-state index in [-0.39, 0.29) is 30.7 Å². The lowest BCUT2D eigenvalue weighted by Gasteiger charge is -2.37. The third-order valence-electron chi connectivity index (χ3n) is 4.99. The molecule has 0 aromatic heterocycles. The first-order chi connectivity index (χ1) is 11.4. The highest BCUT2D eigenvalue weighted by atomic mass is 32.2. The lowest BCUT2D eigenvalue weighted by atomic mass is 10.00. The Morgan fingerprint density at radius 2 is 2.00 bits per heavy atom. The minimum atomic E-state index is -3.12. The first-order valence-electron chi connectivity index (χ1n) is 8.70. The number of methoxy groups -OCH3 is 1. The second-order valence-electron chi connectivity index (χ2n) is 6.60. The van der Waals surface area contributed by atoms with Crippen LogP contribution < -0.4 is 0 Å². The van der Waals surface area contributed by atoms with E-state index in [9.17, 15) is 18.0 Å². The number of sulfone groups is 1. The van der Waals surface area contributed by atoms with Gasteiger partial charge in [-0.25, -0.2) is 8.42 Å². The zero-order valence-electron chi connectivity index (χ0n) is 14.6. The molecule has 0 spiro atoms. The van der Waals surface area contributed by atoms with Crippen LogP contribution in [0.15, 0.2) is 0 Å². The van der Waals surface area contributed by atoms with Gasteiger partial charge >= 0.3 is 11.8 Å². The number of carbonyl (C=O) groups is 2. The van der Waals surface area contributed by atoms with Crippen molar-refractivity contribution in [1.29, 1.82) is 0 Å². The van der Waals surface area contributed by atoms with E-state index >= 15 is 0 Å². The molecule has 2 atom stereocenters. The molecule has 2 rings (SSSR count). The molecule has 2 fully saturated rings. The van der Waals surface area contributed by atoms with E-state index in [1.807, 2.05) is 6.92 Å². The predicted octanol–water partition coefficient (Wildman–Crippen LogP) is 0.440. The Morgan fingerprint density at radius 3 is 2.58 bits per heavy atom. The minimum absolute atomic E-state index is 0.0626. The quantitative estimate of drug-likeness (QED) is 0.664. The van der Waals surface area contributed by atoms with Gasteiger partial charge in [-0.3, -0.25) is 9.59 Å². The Morgan fingerprint density at radius 1 is 1.25 bits per heavy atom. The molecule has 2 amide bonds. The van der Waals surface area contributed by atoms with E-state index in [2.05, 4.69) is 0 Å². The van der Waals surface area contributed by atoms with Crippen molar-refractivity contribution in [2.75, 3.05) is 38.3 Å². The molecule has 2 aliphatic heterocycles. The van der Waals surface area contributed by atoms with Crippen molar-refractivity contribution in [1.82, 2.24) is 9.80 Å². The van der Waals surface area contributed by atoms with E-state index < -0.39 is 27.7 Å². The van der Waals surface area contributed by atoms with Gasteiger partial charge in [-0.15, -0.1) is 0 Å². The third kappa shape index (κ3) is 4.47. The number of hydrogen-bond acceptors (Lipinski definition) is 5. The maximum Gasteiger partial charge on any atom is 0.312 e. The van der Waals surface area contributed by atoms with Gasteiger partial charge in [0.05, 0.1) is 18.1 Å². The summed E-state index contributed by atoms with van der Waals surface area (Å²) in [4.78, 5) is 28.6. The molecule has 2 saturated heterocycles. The Hall–Kier alpha value is -1.15. The van der Waals surface area contributed by atoms with Gasteiger partial charge < -0.3 is 14.5 Å². The zero-order chi connectivity index (χ0) is 17.7. The number of amides is 2. The molecule has 0 aliphatic carbocycles. The molecule has 7 nitrogen and oxygen atoms in total. The summed E-state index contributed by atoms with van der Waals surface area (Å²) in [6.07, 6.45) is 4.12. The van der Waals surface area contributed by atoms with Crippen LogP contribution in [0.1, 0.15) is 39.0 Å². The summed E-state index contributed by atoms with van der Waals surface area (Å²) in [5.74, 6) is -1.08. The van der Waals surface area contributed by atoms with Crippen LogP contribution in [0.3, 0.4) is 0 Å². The number of carbonyl (C=O) groups excluding carboxylic acids is 2. The summed E-state index contributed by atoms with van der Waals surface area (Å²) in [6, 6.07) is -0.321. The smallest absolute Gasteiger partial charge is 0.312 e. The number of nitrogens with zero attached hydrogens (tertiary/aromatic N) is 2. The third-order valence-corrected chi connectivity index (χ3v) is 6.74. The van der Waals surface area contributed by atoms with E-state index in [4.69, 9.17) is 4.74 Å². The molecule has 8 heteroatoms. The van der Waals surface area contributed by atoms with Crippen molar-refractivity contribution in [3.05, 3.63) is 0 Å². The average Bonchev–Trinajstić information content (AvgIpc) is 2.94. The fraction of sp³-hybridized carbons (Fsp3) is 0.875. The molecule has 2 unspecified atom stereocenters. The topological polar surface area (TPSA) is 84.0 Å². The van der Waals surface area contributed by atoms with Gasteiger partial charge in [-0.05, 0) is 32.1 Å². The minimum Gasteiger partial charge on any atom is -0.383 e. The second kappa shape index (κ2) is 8.29. The van der Waals surface area contributed by atoms with Crippen LogP contribution in [0.25, 0.3) is 0 Å². The molecule has 0 bridgehead atoms. The first-order valence-corrected chi connectivity index (χ1v) is 10.5. The van der Waals surface area contributed by atoms with E-state index in [1.54, 1.807) is 4.90 Å². The molecule has 0 aromatic rings. The van der Waals surface area contributed by atoms with Gasteiger partial charge in [-0.2, -0.15) is 0 Å². The monoisotopic (exact) mass is 360 g/mol. The maximum absolute atomic E-state index is 12.8. The normalized spacial score (nSPS) is 26.3. The van der Waals surface area contributed by atoms with Crippen molar-refractivity contribution in [3.8, 4) is 0 Å². The lowest BCUT2D eigenvalue weighted by molar-refractivity contribution is -0.155. The molecule has 138 valence electrons. The lowest BCUT2D eigenvalue weighted by Crippen LogP contribution is -2.54. The van der Waals surface area contributed by atoms with Crippen molar-refractivity contribution in [2.24, 2.45) is 0 Å². The maximum atomic E-state index is 12.8. The molecule has 0 aromatic carbocycles. The fourth-order valence-electron chi connectivity index (χ4n) is 3.60. The van der Waals surface area contributed by atoms with Crippen LogP contribution in [-0.2, 0) is 24.2 Å². The van der Waals surface area contributed by atoms with Gasteiger partial charge in [0.2, 0.25) is 0 Å². The van der Waals surface area contributed by atoms with E-state index in [0.29, 0.717) is 13.0 Å². The summed E-state index contributed by atoms with van der Waals surface area (Å²) in [7, 11) is -1.60. The van der Waals surface area contributed by atoms with Crippen LogP contribution in [-0.4, -0.2) is 80.4 Å². The van der Waals surface area contributed by atoms with Crippen LogP contribution in [0.4, 0.5) is 0 Å². The summed E-state index contributed by atoms with van der Waals surface area (Å²) in [6.45, 7) is 3.15. The van der Waals surface area contributed by atoms with Gasteiger partial charge in [0.15, 0.2) is 9.84 Å². The Bertz CT molecular complexity index is 563. The average molecular weight is 360 g/mol. The molecule has 24 heavy (non-hydrogen) atoms. The number of piperidine rings is 1. The van der Waals surface area contributed by atoms with Gasteiger partial charge in [0.1, 0.15) is 0 Å². The summed E-state index contributed by atoms with van der Waals surface area (Å²) in [5.41, 5.74) is 0. The van der Waals surface area contributed by atoms with Crippen LogP contribution in [0, 0.1) is 0 Å². The number of hydrogen-bond donors (Lipinski definition) is 0. The van der Waals surface area contributed by atoms with Crippen molar-refractivity contribution < 1.29 is 22.7 Å². The van der Waals surface area contributed by atoms with Crippen molar-refractivity contribution >= 4 is 21.7 Å². The van der Waals surface area contributed by atoms with Crippen LogP contribution in [0.5, 0.6) is 0 Å². The molecule has 0 saturated carbocycles. The van der Waals surface area contributed by atoms with Gasteiger partial charge in [-0.1, -0.05) is 6.92 Å². The Labute approximate surface area is 144 Å².